The van der Waals surface area contributed by atoms with Gasteiger partial charge in [-0.3, -0.25) is 4.79 Å². The van der Waals surface area contributed by atoms with Gasteiger partial charge < -0.3 is 15.3 Å². The number of nitrogens with one attached hydrogen (secondary N) is 1. The second-order valence-electron chi connectivity index (χ2n) is 5.09. The van der Waals surface area contributed by atoms with E-state index >= 15 is 0 Å². The van der Waals surface area contributed by atoms with Crippen LogP contribution < -0.4 is 5.32 Å². The predicted molar refractivity (Wildman–Crippen MR) is 74.6 cm³/mol. The Kier molecular flexibility index (Phi) is 3.96. The number of hydrogen-bond donors (Lipinski definition) is 2. The average Bonchev–Trinajstić information content (AvgIpc) is 2.38. The summed E-state index contributed by atoms with van der Waals surface area (Å²) < 4.78 is 0. The van der Waals surface area contributed by atoms with Crippen molar-refractivity contribution in [2.75, 3.05) is 25.5 Å². The van der Waals surface area contributed by atoms with E-state index in [1.54, 1.807) is 24.9 Å². The summed E-state index contributed by atoms with van der Waals surface area (Å²) in [6, 6.07) is 1.62. The molecule has 0 bridgehead atoms. The zero-order valence-corrected chi connectivity index (χ0v) is 11.9. The molecule has 0 saturated carbocycles. The van der Waals surface area contributed by atoms with Crippen LogP contribution in [-0.4, -0.2) is 46.6 Å². The van der Waals surface area contributed by atoms with E-state index in [1.165, 1.54) is 6.20 Å². The number of halogens is 1. The Balaban J connectivity index is 2.10. The highest BCUT2D eigenvalue weighted by Crippen LogP contribution is 2.24. The maximum absolute atomic E-state index is 12.3. The lowest BCUT2D eigenvalue weighted by molar-refractivity contribution is -0.00203. The number of pyridine rings is 1. The molecular weight excluding hydrogens is 266 g/mol. The van der Waals surface area contributed by atoms with Gasteiger partial charge in [-0.05, 0) is 25.8 Å². The maximum atomic E-state index is 12.3. The largest absolute Gasteiger partial charge is 0.390 e. The molecule has 0 aliphatic carbocycles. The van der Waals surface area contributed by atoms with Crippen LogP contribution in [0.4, 0.5) is 5.82 Å². The summed E-state index contributed by atoms with van der Waals surface area (Å²) in [7, 11) is 1.72. The van der Waals surface area contributed by atoms with Crippen LogP contribution in [0, 0.1) is 0 Å². The number of piperidine rings is 1. The molecule has 0 aromatic carbocycles. The predicted octanol–water partition coefficient (Wildman–Crippen LogP) is 1.76. The Morgan fingerprint density at radius 1 is 1.53 bits per heavy atom. The first-order chi connectivity index (χ1) is 8.93. The van der Waals surface area contributed by atoms with E-state index < -0.39 is 5.60 Å². The molecular formula is C13H18ClN3O2. The van der Waals surface area contributed by atoms with Gasteiger partial charge in [-0.1, -0.05) is 11.6 Å². The zero-order chi connectivity index (χ0) is 14.0. The third kappa shape index (κ3) is 3.16. The Labute approximate surface area is 117 Å². The van der Waals surface area contributed by atoms with E-state index in [0.717, 1.165) is 0 Å². The summed E-state index contributed by atoms with van der Waals surface area (Å²) in [6.07, 6.45) is 2.70. The van der Waals surface area contributed by atoms with Crippen molar-refractivity contribution in [1.29, 1.82) is 0 Å². The molecule has 1 aromatic rings. The van der Waals surface area contributed by atoms with Gasteiger partial charge in [0.1, 0.15) is 5.82 Å². The molecule has 0 radical (unpaired) electrons. The first-order valence-corrected chi connectivity index (χ1v) is 6.66. The van der Waals surface area contributed by atoms with Crippen LogP contribution in [0.5, 0.6) is 0 Å². The highest BCUT2D eigenvalue weighted by atomic mass is 35.5. The number of rotatable bonds is 2. The zero-order valence-electron chi connectivity index (χ0n) is 11.1. The van der Waals surface area contributed by atoms with Crippen LogP contribution in [0.3, 0.4) is 0 Å². The van der Waals surface area contributed by atoms with Crippen LogP contribution in [-0.2, 0) is 0 Å². The Hall–Kier alpha value is -1.33. The van der Waals surface area contributed by atoms with Gasteiger partial charge in [0, 0.05) is 26.3 Å². The van der Waals surface area contributed by atoms with Crippen LogP contribution in [0.25, 0.3) is 0 Å². The second kappa shape index (κ2) is 5.35. The summed E-state index contributed by atoms with van der Waals surface area (Å²) in [5, 5.41) is 13.2. The van der Waals surface area contributed by atoms with E-state index in [9.17, 15) is 9.90 Å². The summed E-state index contributed by atoms with van der Waals surface area (Å²) in [5.74, 6) is 0.465. The number of carbonyl (C=O) groups is 1. The van der Waals surface area contributed by atoms with Gasteiger partial charge in [0.15, 0.2) is 0 Å². The topological polar surface area (TPSA) is 65.5 Å². The summed E-state index contributed by atoms with van der Waals surface area (Å²) >= 11 is 6.02. The fourth-order valence-corrected chi connectivity index (χ4v) is 2.37. The Morgan fingerprint density at radius 2 is 2.16 bits per heavy atom. The number of nitrogens with zero attached hydrogens (tertiary/aromatic N) is 2. The van der Waals surface area contributed by atoms with E-state index in [0.29, 0.717) is 42.3 Å². The average molecular weight is 284 g/mol. The maximum Gasteiger partial charge on any atom is 0.255 e. The van der Waals surface area contributed by atoms with Crippen LogP contribution in [0.1, 0.15) is 30.1 Å². The molecule has 1 amide bonds. The lowest BCUT2D eigenvalue weighted by atomic mass is 9.93. The monoisotopic (exact) mass is 283 g/mol. The Bertz CT molecular complexity index is 481. The molecule has 0 unspecified atom stereocenters. The first kappa shape index (κ1) is 14.1. The highest BCUT2D eigenvalue weighted by Gasteiger charge is 2.30. The number of amides is 1. The molecule has 2 rings (SSSR count). The van der Waals surface area contributed by atoms with Gasteiger partial charge >= 0.3 is 0 Å². The smallest absolute Gasteiger partial charge is 0.255 e. The molecule has 19 heavy (non-hydrogen) atoms. The minimum Gasteiger partial charge on any atom is -0.390 e. The van der Waals surface area contributed by atoms with Crippen molar-refractivity contribution in [3.63, 3.8) is 0 Å². The molecule has 104 valence electrons. The van der Waals surface area contributed by atoms with E-state index in [2.05, 4.69) is 10.3 Å². The van der Waals surface area contributed by atoms with Gasteiger partial charge in [-0.2, -0.15) is 0 Å². The van der Waals surface area contributed by atoms with Crippen molar-refractivity contribution in [3.05, 3.63) is 22.8 Å². The van der Waals surface area contributed by atoms with Crippen LogP contribution in [0.15, 0.2) is 12.3 Å². The summed E-state index contributed by atoms with van der Waals surface area (Å²) in [4.78, 5) is 18.1. The van der Waals surface area contributed by atoms with Crippen molar-refractivity contribution in [3.8, 4) is 0 Å². The molecule has 2 heterocycles. The third-order valence-electron chi connectivity index (χ3n) is 3.45. The second-order valence-corrected chi connectivity index (χ2v) is 5.50. The number of aliphatic hydroxyl groups is 1. The Morgan fingerprint density at radius 3 is 2.68 bits per heavy atom. The fraction of sp³-hybridized carbons (Fsp3) is 0.538. The summed E-state index contributed by atoms with van der Waals surface area (Å²) in [6.45, 7) is 2.91. The van der Waals surface area contributed by atoms with E-state index in [-0.39, 0.29) is 5.91 Å². The molecule has 1 fully saturated rings. The standard InChI is InChI=1S/C13H18ClN3O2/c1-13(19)3-5-17(6-4-13)12(18)9-7-10(14)11(15-2)16-8-9/h7-8,19H,3-6H2,1-2H3,(H,15,16). The molecule has 5 nitrogen and oxygen atoms in total. The molecule has 1 aliphatic heterocycles. The number of anilines is 1. The number of aromatic nitrogens is 1. The lowest BCUT2D eigenvalue weighted by Crippen LogP contribution is -2.45. The molecule has 1 saturated heterocycles. The van der Waals surface area contributed by atoms with E-state index in [4.69, 9.17) is 11.6 Å². The number of hydrogen-bond acceptors (Lipinski definition) is 4. The van der Waals surface area contributed by atoms with Gasteiger partial charge in [-0.15, -0.1) is 0 Å². The van der Waals surface area contributed by atoms with E-state index in [1.807, 2.05) is 0 Å². The van der Waals surface area contributed by atoms with Crippen molar-refractivity contribution in [1.82, 2.24) is 9.88 Å². The molecule has 0 atom stereocenters. The van der Waals surface area contributed by atoms with Crippen LogP contribution >= 0.6 is 11.6 Å². The fourth-order valence-electron chi connectivity index (χ4n) is 2.11. The molecule has 1 aliphatic rings. The third-order valence-corrected chi connectivity index (χ3v) is 3.74. The number of carbonyl (C=O) groups excluding carboxylic acids is 1. The highest BCUT2D eigenvalue weighted by molar-refractivity contribution is 6.33. The van der Waals surface area contributed by atoms with Gasteiger partial charge in [0.05, 0.1) is 16.2 Å². The van der Waals surface area contributed by atoms with Crippen molar-refractivity contribution in [2.45, 2.75) is 25.4 Å². The van der Waals surface area contributed by atoms with Crippen molar-refractivity contribution in [2.24, 2.45) is 0 Å². The molecule has 1 aromatic heterocycles. The minimum atomic E-state index is -0.664. The quantitative estimate of drug-likeness (QED) is 0.868. The van der Waals surface area contributed by atoms with Crippen LogP contribution in [0.2, 0.25) is 5.02 Å². The van der Waals surface area contributed by atoms with Crippen molar-refractivity contribution >= 4 is 23.3 Å². The van der Waals surface area contributed by atoms with Gasteiger partial charge in [0.2, 0.25) is 0 Å². The lowest BCUT2D eigenvalue weighted by Gasteiger charge is -2.35. The normalized spacial score (nSPS) is 18.2. The number of likely N-dealkylation sites (tertiary alicyclic amines) is 1. The SMILES string of the molecule is CNc1ncc(C(=O)N2CCC(C)(O)CC2)cc1Cl. The molecule has 2 N–H and O–H groups in total. The molecule has 0 spiro atoms. The molecule has 6 heteroatoms. The minimum absolute atomic E-state index is 0.0902. The first-order valence-electron chi connectivity index (χ1n) is 6.28. The summed E-state index contributed by atoms with van der Waals surface area (Å²) in [5.41, 5.74) is -0.187. The van der Waals surface area contributed by atoms with Crippen molar-refractivity contribution < 1.29 is 9.90 Å². The van der Waals surface area contributed by atoms with Gasteiger partial charge in [0.25, 0.3) is 5.91 Å². The van der Waals surface area contributed by atoms with Gasteiger partial charge in [-0.25, -0.2) is 4.98 Å².